The molecule has 0 spiro atoms. The van der Waals surface area contributed by atoms with Crippen molar-refractivity contribution in [2.45, 2.75) is 19.1 Å². The largest absolute Gasteiger partial charge is 0.505 e. The third kappa shape index (κ3) is 2.25. The molecule has 0 aromatic carbocycles. The monoisotopic (exact) mass is 218 g/mol. The lowest BCUT2D eigenvalue weighted by Gasteiger charge is -2.13. The first-order chi connectivity index (χ1) is 6.97. The van der Waals surface area contributed by atoms with E-state index in [0.29, 0.717) is 0 Å². The molecule has 0 saturated carbocycles. The highest BCUT2D eigenvalue weighted by molar-refractivity contribution is 5.92. The molecule has 0 bridgehead atoms. The van der Waals surface area contributed by atoms with Gasteiger partial charge in [-0.2, -0.15) is 0 Å². The Bertz CT molecular complexity index is 319. The van der Waals surface area contributed by atoms with Gasteiger partial charge in [-0.25, -0.2) is 4.79 Å². The first-order valence-electron chi connectivity index (χ1n) is 4.08. The van der Waals surface area contributed by atoms with Gasteiger partial charge >= 0.3 is 11.9 Å². The van der Waals surface area contributed by atoms with Gasteiger partial charge in [0.05, 0.1) is 6.61 Å². The van der Waals surface area contributed by atoms with Crippen molar-refractivity contribution in [2.75, 3.05) is 6.61 Å². The number of ether oxygens (including phenoxy) is 2. The van der Waals surface area contributed by atoms with Gasteiger partial charge in [-0.1, -0.05) is 0 Å². The van der Waals surface area contributed by atoms with Crippen molar-refractivity contribution < 1.29 is 34.4 Å². The zero-order chi connectivity index (χ0) is 11.6. The smallest absolute Gasteiger partial charge is 0.378 e. The number of esters is 2. The van der Waals surface area contributed by atoms with E-state index in [2.05, 4.69) is 9.47 Å². The van der Waals surface area contributed by atoms with E-state index in [0.717, 1.165) is 6.92 Å². The van der Waals surface area contributed by atoms with Crippen molar-refractivity contribution in [3.05, 3.63) is 11.5 Å². The molecule has 0 fully saturated rings. The van der Waals surface area contributed by atoms with E-state index < -0.39 is 42.3 Å². The molecule has 0 saturated heterocycles. The van der Waals surface area contributed by atoms with Gasteiger partial charge in [0.1, 0.15) is 6.10 Å². The van der Waals surface area contributed by atoms with Crippen molar-refractivity contribution in [1.82, 2.24) is 0 Å². The van der Waals surface area contributed by atoms with Crippen LogP contribution in [0.1, 0.15) is 6.92 Å². The van der Waals surface area contributed by atoms with Crippen LogP contribution in [0.25, 0.3) is 0 Å². The van der Waals surface area contributed by atoms with E-state index in [1.165, 1.54) is 0 Å². The van der Waals surface area contributed by atoms with Gasteiger partial charge < -0.3 is 24.8 Å². The van der Waals surface area contributed by atoms with Gasteiger partial charge in [0.2, 0.25) is 0 Å². The SMILES string of the molecule is CC(=O)OC1=C(O)[C@@H]([C@@H](O)CO)OC1=O. The van der Waals surface area contributed by atoms with Crippen LogP contribution < -0.4 is 0 Å². The molecule has 3 N–H and O–H groups in total. The summed E-state index contributed by atoms with van der Waals surface area (Å²) in [4.78, 5) is 21.6. The molecule has 0 unspecified atom stereocenters. The van der Waals surface area contributed by atoms with Crippen LogP contribution >= 0.6 is 0 Å². The van der Waals surface area contributed by atoms with Gasteiger partial charge in [0, 0.05) is 6.92 Å². The summed E-state index contributed by atoms with van der Waals surface area (Å²) in [5.74, 6) is -3.20. The fourth-order valence-corrected chi connectivity index (χ4v) is 1.05. The number of aliphatic hydroxyl groups excluding tert-OH is 3. The number of hydrogen-bond donors (Lipinski definition) is 3. The Morgan fingerprint density at radius 1 is 1.67 bits per heavy atom. The zero-order valence-electron chi connectivity index (χ0n) is 7.84. The van der Waals surface area contributed by atoms with E-state index in [1.807, 2.05) is 0 Å². The molecule has 7 heteroatoms. The summed E-state index contributed by atoms with van der Waals surface area (Å²) in [5.41, 5.74) is 0. The lowest BCUT2D eigenvalue weighted by atomic mass is 10.2. The maximum atomic E-state index is 11.0. The molecule has 1 aliphatic heterocycles. The molecule has 0 aliphatic carbocycles. The first kappa shape index (κ1) is 11.5. The number of carbonyl (C=O) groups excluding carboxylic acids is 2. The molecule has 84 valence electrons. The van der Waals surface area contributed by atoms with E-state index in [-0.39, 0.29) is 0 Å². The number of aliphatic hydroxyl groups is 3. The van der Waals surface area contributed by atoms with E-state index >= 15 is 0 Å². The fraction of sp³-hybridized carbons (Fsp3) is 0.500. The van der Waals surface area contributed by atoms with Gasteiger partial charge in [-0.05, 0) is 0 Å². The molecular weight excluding hydrogens is 208 g/mol. The minimum Gasteiger partial charge on any atom is -0.505 e. The summed E-state index contributed by atoms with van der Waals surface area (Å²) in [6, 6.07) is 0. The van der Waals surface area contributed by atoms with Crippen LogP contribution in [0.2, 0.25) is 0 Å². The van der Waals surface area contributed by atoms with Crippen molar-refractivity contribution >= 4 is 11.9 Å². The summed E-state index contributed by atoms with van der Waals surface area (Å²) in [6.45, 7) is 0.346. The number of carbonyl (C=O) groups is 2. The maximum Gasteiger partial charge on any atom is 0.378 e. The van der Waals surface area contributed by atoms with Crippen LogP contribution in [0, 0.1) is 0 Å². The average molecular weight is 218 g/mol. The average Bonchev–Trinajstić information content (AvgIpc) is 2.44. The third-order valence-electron chi connectivity index (χ3n) is 1.70. The Morgan fingerprint density at radius 2 is 2.27 bits per heavy atom. The van der Waals surface area contributed by atoms with Crippen LogP contribution in [0.4, 0.5) is 0 Å². The lowest BCUT2D eigenvalue weighted by Crippen LogP contribution is -2.31. The van der Waals surface area contributed by atoms with E-state index in [1.54, 1.807) is 0 Å². The molecule has 15 heavy (non-hydrogen) atoms. The van der Waals surface area contributed by atoms with Gasteiger partial charge in [0.15, 0.2) is 11.9 Å². The molecule has 0 amide bonds. The number of rotatable bonds is 3. The van der Waals surface area contributed by atoms with Crippen LogP contribution in [0.5, 0.6) is 0 Å². The van der Waals surface area contributed by atoms with Crippen LogP contribution in [-0.2, 0) is 19.1 Å². The Hall–Kier alpha value is -1.60. The van der Waals surface area contributed by atoms with Gasteiger partial charge in [-0.15, -0.1) is 0 Å². The van der Waals surface area contributed by atoms with Gasteiger partial charge in [-0.3, -0.25) is 4.79 Å². The molecule has 2 atom stereocenters. The zero-order valence-corrected chi connectivity index (χ0v) is 7.84. The number of cyclic esters (lactones) is 1. The van der Waals surface area contributed by atoms with Crippen LogP contribution in [0.3, 0.4) is 0 Å². The highest BCUT2D eigenvalue weighted by Crippen LogP contribution is 2.23. The molecule has 0 aromatic rings. The second kappa shape index (κ2) is 4.28. The highest BCUT2D eigenvalue weighted by Gasteiger charge is 2.40. The minimum absolute atomic E-state index is 0.653. The molecule has 7 nitrogen and oxygen atoms in total. The molecule has 0 radical (unpaired) electrons. The summed E-state index contributed by atoms with van der Waals surface area (Å²) < 4.78 is 8.87. The van der Waals surface area contributed by atoms with Crippen molar-refractivity contribution in [3.63, 3.8) is 0 Å². The summed E-state index contributed by atoms with van der Waals surface area (Å²) in [6.07, 6.45) is -2.85. The Labute approximate surface area is 84.5 Å². The van der Waals surface area contributed by atoms with Gasteiger partial charge in [0.25, 0.3) is 5.76 Å². The maximum absolute atomic E-state index is 11.0. The second-order valence-electron chi connectivity index (χ2n) is 2.88. The summed E-state index contributed by atoms with van der Waals surface area (Å²) in [5, 5.41) is 27.1. The second-order valence-corrected chi connectivity index (χ2v) is 2.88. The molecular formula is C8H10O7. The third-order valence-corrected chi connectivity index (χ3v) is 1.70. The van der Waals surface area contributed by atoms with Crippen LogP contribution in [-0.4, -0.2) is 46.1 Å². The fourth-order valence-electron chi connectivity index (χ4n) is 1.05. The highest BCUT2D eigenvalue weighted by atomic mass is 16.6. The summed E-state index contributed by atoms with van der Waals surface area (Å²) >= 11 is 0. The first-order valence-corrected chi connectivity index (χ1v) is 4.08. The molecule has 1 heterocycles. The Morgan fingerprint density at radius 3 is 2.73 bits per heavy atom. The quantitative estimate of drug-likeness (QED) is 0.499. The van der Waals surface area contributed by atoms with Crippen molar-refractivity contribution in [1.29, 1.82) is 0 Å². The molecule has 1 aliphatic rings. The molecule has 0 aromatic heterocycles. The minimum atomic E-state index is -1.46. The summed E-state index contributed by atoms with van der Waals surface area (Å²) in [7, 11) is 0. The molecule has 1 rings (SSSR count). The van der Waals surface area contributed by atoms with E-state index in [9.17, 15) is 14.7 Å². The lowest BCUT2D eigenvalue weighted by molar-refractivity contribution is -0.152. The normalized spacial score (nSPS) is 22.6. The predicted octanol–water partition coefficient (Wildman–Crippen LogP) is -1.40. The number of hydrogen-bond acceptors (Lipinski definition) is 7. The van der Waals surface area contributed by atoms with E-state index in [4.69, 9.17) is 10.2 Å². The standard InChI is InChI=1S/C8H10O7/c1-3(10)14-7-5(12)6(4(11)2-9)15-8(7)13/h4,6,9,11-12H,2H2,1H3/t4-,6+/m0/s1. The van der Waals surface area contributed by atoms with Crippen molar-refractivity contribution in [3.8, 4) is 0 Å². The Kier molecular flexibility index (Phi) is 3.28. The van der Waals surface area contributed by atoms with Crippen LogP contribution in [0.15, 0.2) is 11.5 Å². The predicted molar refractivity (Wildman–Crippen MR) is 44.4 cm³/mol. The Balaban J connectivity index is 2.88. The topological polar surface area (TPSA) is 113 Å². The van der Waals surface area contributed by atoms with Crippen molar-refractivity contribution in [2.24, 2.45) is 0 Å².